The molecule has 0 radical (unpaired) electrons. The molecule has 1 heterocycles. The third-order valence-corrected chi connectivity index (χ3v) is 3.33. The molecule has 2 rings (SSSR count). The predicted octanol–water partition coefficient (Wildman–Crippen LogP) is 1.70. The zero-order valence-electron chi connectivity index (χ0n) is 11.2. The molecule has 0 amide bonds. The van der Waals surface area contributed by atoms with Crippen LogP contribution < -0.4 is 15.8 Å². The Morgan fingerprint density at radius 1 is 1.11 bits per heavy atom. The van der Waals surface area contributed by atoms with Gasteiger partial charge < -0.3 is 15.8 Å². The molecule has 2 atom stereocenters. The molecular formula is C12H21N5O. The number of aromatic nitrogens is 3. The van der Waals surface area contributed by atoms with Gasteiger partial charge in [-0.1, -0.05) is 13.8 Å². The molecular weight excluding hydrogens is 230 g/mol. The number of hydrogen-bond acceptors (Lipinski definition) is 6. The van der Waals surface area contributed by atoms with E-state index in [4.69, 9.17) is 10.5 Å². The van der Waals surface area contributed by atoms with E-state index in [0.29, 0.717) is 12.0 Å². The molecule has 0 aliphatic heterocycles. The highest BCUT2D eigenvalue weighted by molar-refractivity contribution is 5.33. The highest BCUT2D eigenvalue weighted by Gasteiger charge is 2.24. The van der Waals surface area contributed by atoms with Crippen LogP contribution in [-0.2, 0) is 0 Å². The Morgan fingerprint density at radius 3 is 2.39 bits per heavy atom. The van der Waals surface area contributed by atoms with Crippen molar-refractivity contribution < 1.29 is 4.74 Å². The van der Waals surface area contributed by atoms with Crippen molar-refractivity contribution in [2.24, 2.45) is 11.8 Å². The minimum Gasteiger partial charge on any atom is -0.467 e. The van der Waals surface area contributed by atoms with Gasteiger partial charge >= 0.3 is 6.01 Å². The molecule has 2 unspecified atom stereocenters. The first-order valence-electron chi connectivity index (χ1n) is 6.39. The number of ether oxygens (including phenoxy) is 1. The van der Waals surface area contributed by atoms with Gasteiger partial charge in [-0.3, -0.25) is 0 Å². The third-order valence-electron chi connectivity index (χ3n) is 3.33. The van der Waals surface area contributed by atoms with E-state index in [0.717, 1.165) is 24.7 Å². The lowest BCUT2D eigenvalue weighted by atomic mass is 9.80. The van der Waals surface area contributed by atoms with Crippen LogP contribution in [0.1, 0.15) is 33.1 Å². The highest BCUT2D eigenvalue weighted by Crippen LogP contribution is 2.30. The van der Waals surface area contributed by atoms with E-state index in [1.807, 2.05) is 0 Å². The van der Waals surface area contributed by atoms with Gasteiger partial charge in [0.1, 0.15) is 0 Å². The first-order valence-corrected chi connectivity index (χ1v) is 6.39. The second-order valence-corrected chi connectivity index (χ2v) is 5.26. The van der Waals surface area contributed by atoms with Crippen molar-refractivity contribution in [3.05, 3.63) is 0 Å². The molecule has 1 aliphatic carbocycles. The number of hydrogen-bond donors (Lipinski definition) is 2. The van der Waals surface area contributed by atoms with E-state index in [9.17, 15) is 0 Å². The van der Waals surface area contributed by atoms with E-state index in [1.54, 1.807) is 0 Å². The van der Waals surface area contributed by atoms with Crippen LogP contribution in [0.5, 0.6) is 6.01 Å². The lowest BCUT2D eigenvalue weighted by Gasteiger charge is -2.31. The molecule has 1 aromatic rings. The Hall–Kier alpha value is -1.59. The summed E-state index contributed by atoms with van der Waals surface area (Å²) in [7, 11) is 1.52. The van der Waals surface area contributed by atoms with Crippen LogP contribution in [0.15, 0.2) is 0 Å². The fourth-order valence-electron chi connectivity index (χ4n) is 2.78. The van der Waals surface area contributed by atoms with Crippen LogP contribution in [0.4, 0.5) is 11.9 Å². The quantitative estimate of drug-likeness (QED) is 0.850. The van der Waals surface area contributed by atoms with E-state index in [2.05, 4.69) is 34.1 Å². The Balaban J connectivity index is 2.06. The van der Waals surface area contributed by atoms with Crippen LogP contribution in [0.3, 0.4) is 0 Å². The maximum Gasteiger partial charge on any atom is 0.322 e. The number of nitrogen functional groups attached to an aromatic ring is 1. The second kappa shape index (κ2) is 5.37. The molecule has 100 valence electrons. The SMILES string of the molecule is COc1nc(N)nc(NC2CC(C)CC(C)C2)n1. The Morgan fingerprint density at radius 2 is 1.78 bits per heavy atom. The molecule has 6 heteroatoms. The number of rotatable bonds is 3. The van der Waals surface area contributed by atoms with Crippen molar-refractivity contribution in [3.63, 3.8) is 0 Å². The van der Waals surface area contributed by atoms with Gasteiger partial charge in [-0.15, -0.1) is 0 Å². The van der Waals surface area contributed by atoms with Gasteiger partial charge in [-0.2, -0.15) is 15.0 Å². The molecule has 1 fully saturated rings. The highest BCUT2D eigenvalue weighted by atomic mass is 16.5. The molecule has 0 saturated heterocycles. The van der Waals surface area contributed by atoms with E-state index >= 15 is 0 Å². The monoisotopic (exact) mass is 251 g/mol. The van der Waals surface area contributed by atoms with Crippen LogP contribution in [0.25, 0.3) is 0 Å². The Kier molecular flexibility index (Phi) is 3.84. The van der Waals surface area contributed by atoms with Gasteiger partial charge in [-0.25, -0.2) is 0 Å². The van der Waals surface area contributed by atoms with Crippen molar-refractivity contribution in [1.82, 2.24) is 15.0 Å². The smallest absolute Gasteiger partial charge is 0.322 e. The van der Waals surface area contributed by atoms with Gasteiger partial charge in [0.2, 0.25) is 11.9 Å². The summed E-state index contributed by atoms with van der Waals surface area (Å²) >= 11 is 0. The minimum atomic E-state index is 0.182. The summed E-state index contributed by atoms with van der Waals surface area (Å²) in [6.45, 7) is 4.57. The molecule has 6 nitrogen and oxygen atoms in total. The van der Waals surface area contributed by atoms with Crippen LogP contribution >= 0.6 is 0 Å². The maximum absolute atomic E-state index is 5.61. The minimum absolute atomic E-state index is 0.182. The number of nitrogens with two attached hydrogens (primary N) is 1. The van der Waals surface area contributed by atoms with Gasteiger partial charge in [0.15, 0.2) is 0 Å². The molecule has 0 aromatic carbocycles. The summed E-state index contributed by atoms with van der Waals surface area (Å²) in [4.78, 5) is 12.1. The summed E-state index contributed by atoms with van der Waals surface area (Å²) in [6, 6.07) is 0.650. The summed E-state index contributed by atoms with van der Waals surface area (Å²) in [5.41, 5.74) is 5.61. The van der Waals surface area contributed by atoms with Gasteiger partial charge in [0, 0.05) is 6.04 Å². The topological polar surface area (TPSA) is 86.0 Å². The van der Waals surface area contributed by atoms with Gasteiger partial charge in [0.05, 0.1) is 7.11 Å². The number of anilines is 2. The Bertz CT molecular complexity index is 401. The fraction of sp³-hybridized carbons (Fsp3) is 0.750. The first-order chi connectivity index (χ1) is 8.56. The van der Waals surface area contributed by atoms with E-state index < -0.39 is 0 Å². The third kappa shape index (κ3) is 3.21. The number of nitrogens with one attached hydrogen (secondary N) is 1. The largest absolute Gasteiger partial charge is 0.467 e. The van der Waals surface area contributed by atoms with Crippen molar-refractivity contribution >= 4 is 11.9 Å². The van der Waals surface area contributed by atoms with E-state index in [-0.39, 0.29) is 12.0 Å². The zero-order valence-corrected chi connectivity index (χ0v) is 11.2. The summed E-state index contributed by atoms with van der Waals surface area (Å²) in [6.07, 6.45) is 3.57. The molecule has 1 aromatic heterocycles. The zero-order chi connectivity index (χ0) is 13.1. The normalized spacial score (nSPS) is 27.8. The van der Waals surface area contributed by atoms with Crippen molar-refractivity contribution in [2.45, 2.75) is 39.2 Å². The molecule has 3 N–H and O–H groups in total. The average molecular weight is 251 g/mol. The lowest BCUT2D eigenvalue weighted by molar-refractivity contribution is 0.280. The average Bonchev–Trinajstić information content (AvgIpc) is 2.26. The van der Waals surface area contributed by atoms with Crippen molar-refractivity contribution in [1.29, 1.82) is 0 Å². The molecule has 0 spiro atoms. The van der Waals surface area contributed by atoms with Crippen molar-refractivity contribution in [2.75, 3.05) is 18.2 Å². The van der Waals surface area contributed by atoms with Gasteiger partial charge in [0.25, 0.3) is 0 Å². The Labute approximate surface area is 107 Å². The van der Waals surface area contributed by atoms with Crippen LogP contribution in [0.2, 0.25) is 0 Å². The van der Waals surface area contributed by atoms with Crippen LogP contribution in [-0.4, -0.2) is 28.1 Å². The molecule has 0 bridgehead atoms. The summed E-state index contributed by atoms with van der Waals surface area (Å²) < 4.78 is 4.98. The number of nitrogens with zero attached hydrogens (tertiary/aromatic N) is 3. The van der Waals surface area contributed by atoms with Gasteiger partial charge in [-0.05, 0) is 31.1 Å². The van der Waals surface area contributed by atoms with Crippen LogP contribution in [0, 0.1) is 11.8 Å². The second-order valence-electron chi connectivity index (χ2n) is 5.26. The first kappa shape index (κ1) is 12.9. The number of methoxy groups -OCH3 is 1. The van der Waals surface area contributed by atoms with Crippen molar-refractivity contribution in [3.8, 4) is 6.01 Å². The fourth-order valence-corrected chi connectivity index (χ4v) is 2.78. The lowest BCUT2D eigenvalue weighted by Crippen LogP contribution is -2.31. The maximum atomic E-state index is 5.61. The van der Waals surface area contributed by atoms with E-state index in [1.165, 1.54) is 13.5 Å². The molecule has 18 heavy (non-hydrogen) atoms. The molecule has 1 saturated carbocycles. The molecule has 1 aliphatic rings. The predicted molar refractivity (Wildman–Crippen MR) is 70.4 cm³/mol. The summed E-state index contributed by atoms with van der Waals surface area (Å²) in [5, 5.41) is 3.34. The summed E-state index contributed by atoms with van der Waals surface area (Å²) in [5.74, 6) is 2.14. The standard InChI is InChI=1S/C12H21N5O/c1-7-4-8(2)6-9(5-7)14-11-15-10(13)16-12(17-11)18-3/h7-9H,4-6H2,1-3H3,(H3,13,14,15,16,17).